The zero-order chi connectivity index (χ0) is 24.2. The predicted molar refractivity (Wildman–Crippen MR) is 153 cm³/mol. The quantitative estimate of drug-likeness (QED) is 0.285. The van der Waals surface area contributed by atoms with Crippen LogP contribution in [0.4, 0.5) is 22.7 Å². The highest BCUT2D eigenvalue weighted by molar-refractivity contribution is 5.98. The summed E-state index contributed by atoms with van der Waals surface area (Å²) in [5, 5.41) is 5.11. The molecule has 7 rings (SSSR count). The maximum absolute atomic E-state index is 2.54. The lowest BCUT2D eigenvalue weighted by atomic mass is 9.89. The lowest BCUT2D eigenvalue weighted by molar-refractivity contribution is 0.682. The molecule has 2 nitrogen and oxygen atoms in total. The molecule has 5 aromatic carbocycles. The van der Waals surface area contributed by atoms with Crippen LogP contribution in [0.2, 0.25) is 0 Å². The molecule has 36 heavy (non-hydrogen) atoms. The molecule has 0 fully saturated rings. The molecule has 1 heterocycles. The second kappa shape index (κ2) is 8.13. The third kappa shape index (κ3) is 3.33. The third-order valence-electron chi connectivity index (χ3n) is 7.63. The average Bonchev–Trinajstić information content (AvgIpc) is 2.91. The normalized spacial score (nSPS) is 18.1. The van der Waals surface area contributed by atoms with Crippen LogP contribution < -0.4 is 20.2 Å². The highest BCUT2D eigenvalue weighted by Gasteiger charge is 2.39. The molecule has 2 heteroatoms. The first-order chi connectivity index (χ1) is 17.7. The minimum atomic E-state index is 0.151. The van der Waals surface area contributed by atoms with Crippen molar-refractivity contribution >= 4 is 45.7 Å². The first-order valence-corrected chi connectivity index (χ1v) is 12.7. The van der Waals surface area contributed by atoms with E-state index in [9.17, 15) is 0 Å². The Morgan fingerprint density at radius 3 is 1.28 bits per heavy atom. The Balaban J connectivity index is 1.56. The molecule has 0 radical (unpaired) electrons. The Morgan fingerprint density at radius 1 is 0.472 bits per heavy atom. The molecule has 1 aliphatic heterocycles. The van der Waals surface area contributed by atoms with E-state index in [1.807, 2.05) is 0 Å². The molecule has 2 unspecified atom stereocenters. The molecule has 0 saturated carbocycles. The van der Waals surface area contributed by atoms with Crippen molar-refractivity contribution in [2.24, 2.45) is 0 Å². The molecule has 0 N–H and O–H groups in total. The number of hydrogen-bond acceptors (Lipinski definition) is 2. The van der Waals surface area contributed by atoms with Gasteiger partial charge in [-0.3, -0.25) is 0 Å². The number of anilines is 4. The number of benzene rings is 5. The highest BCUT2D eigenvalue weighted by atomic mass is 15.3. The first kappa shape index (κ1) is 21.0. The fourth-order valence-corrected chi connectivity index (χ4v) is 5.79. The van der Waals surface area contributed by atoms with E-state index < -0.39 is 0 Å². The first-order valence-electron chi connectivity index (χ1n) is 12.7. The van der Waals surface area contributed by atoms with Crippen LogP contribution in [-0.4, -0.2) is 12.1 Å². The van der Waals surface area contributed by atoms with Gasteiger partial charge in [0.2, 0.25) is 0 Å². The van der Waals surface area contributed by atoms with Gasteiger partial charge >= 0.3 is 0 Å². The van der Waals surface area contributed by atoms with Crippen molar-refractivity contribution in [3.63, 3.8) is 0 Å². The van der Waals surface area contributed by atoms with Crippen LogP contribution in [0.15, 0.2) is 109 Å². The molecular weight excluding hydrogens is 436 g/mol. The zero-order valence-electron chi connectivity index (χ0n) is 20.6. The van der Waals surface area contributed by atoms with Gasteiger partial charge in [0.15, 0.2) is 0 Å². The van der Waals surface area contributed by atoms with Crippen LogP contribution in [0.1, 0.15) is 11.1 Å². The monoisotopic (exact) mass is 464 g/mol. The topological polar surface area (TPSA) is 6.48 Å². The second-order valence-corrected chi connectivity index (χ2v) is 10.0. The van der Waals surface area contributed by atoms with Crippen LogP contribution in [0.25, 0.3) is 22.9 Å². The molecular formula is C34H28N2. The molecule has 0 aromatic heterocycles. The summed E-state index contributed by atoms with van der Waals surface area (Å²) in [6.45, 7) is 4.31. The predicted octanol–water partition coefficient (Wildman–Crippen LogP) is 6.76. The summed E-state index contributed by atoms with van der Waals surface area (Å²) in [6.07, 6.45) is 4.92. The summed E-state index contributed by atoms with van der Waals surface area (Å²) in [6, 6.07) is 40.4. The smallest absolute Gasteiger partial charge is 0.0775 e. The number of hydrogen-bond donors (Lipinski definition) is 0. The van der Waals surface area contributed by atoms with E-state index in [2.05, 4.69) is 145 Å². The largest absolute Gasteiger partial charge is 0.330 e. The van der Waals surface area contributed by atoms with Crippen molar-refractivity contribution in [3.8, 4) is 0 Å². The summed E-state index contributed by atoms with van der Waals surface area (Å²) in [4.78, 5) is 5.09. The van der Waals surface area contributed by atoms with Gasteiger partial charge in [0.1, 0.15) is 0 Å². The van der Waals surface area contributed by atoms with Gasteiger partial charge < -0.3 is 9.80 Å². The van der Waals surface area contributed by atoms with Gasteiger partial charge in [-0.2, -0.15) is 0 Å². The number of nitrogens with zero attached hydrogens (tertiary/aromatic N) is 2. The Hall–Kier alpha value is -4.30. The Morgan fingerprint density at radius 2 is 0.861 bits per heavy atom. The molecule has 0 amide bonds. The summed E-state index contributed by atoms with van der Waals surface area (Å²) < 4.78 is 0. The van der Waals surface area contributed by atoms with Crippen LogP contribution in [0.5, 0.6) is 0 Å². The van der Waals surface area contributed by atoms with E-state index in [1.54, 1.807) is 0 Å². The van der Waals surface area contributed by atoms with E-state index in [4.69, 9.17) is 0 Å². The molecule has 0 bridgehead atoms. The van der Waals surface area contributed by atoms with Crippen molar-refractivity contribution in [1.29, 1.82) is 0 Å². The standard InChI is InChI=1S/C34H28N2/c1-23-11-15-29(16-12-23)35-31-19-25-7-3-5-9-27(25)21-33(31)36(30-17-13-24(2)14-18-30)34-22-28-10-6-4-8-26(28)20-32(34)35/h3-22,31,33H,1-2H3. The molecule has 2 aliphatic rings. The number of fused-ring (bicyclic) bond motifs is 4. The fourth-order valence-electron chi connectivity index (χ4n) is 5.79. The van der Waals surface area contributed by atoms with Gasteiger partial charge in [0.05, 0.1) is 23.5 Å². The maximum atomic E-state index is 2.54. The third-order valence-corrected chi connectivity index (χ3v) is 7.63. The highest BCUT2D eigenvalue weighted by Crippen LogP contribution is 2.48. The summed E-state index contributed by atoms with van der Waals surface area (Å²) in [5.41, 5.74) is 7.47. The maximum Gasteiger partial charge on any atom is 0.0775 e. The van der Waals surface area contributed by atoms with Crippen LogP contribution in [-0.2, 0) is 0 Å². The van der Waals surface area contributed by atoms with Crippen LogP contribution in [0, 0.1) is 13.8 Å². The Kier molecular flexibility index (Phi) is 4.75. The average molecular weight is 465 g/mol. The van der Waals surface area contributed by atoms with E-state index >= 15 is 0 Å². The Bertz CT molecular complexity index is 1590. The van der Waals surface area contributed by atoms with Crippen molar-refractivity contribution < 1.29 is 0 Å². The minimum Gasteiger partial charge on any atom is -0.330 e. The van der Waals surface area contributed by atoms with E-state index in [0.717, 1.165) is 0 Å². The van der Waals surface area contributed by atoms with Crippen LogP contribution >= 0.6 is 0 Å². The van der Waals surface area contributed by atoms with Crippen molar-refractivity contribution in [3.05, 3.63) is 131 Å². The summed E-state index contributed by atoms with van der Waals surface area (Å²) in [5.74, 6) is 0. The van der Waals surface area contributed by atoms with Crippen molar-refractivity contribution in [2.75, 3.05) is 9.80 Å². The van der Waals surface area contributed by atoms with E-state index in [1.165, 1.54) is 55.1 Å². The summed E-state index contributed by atoms with van der Waals surface area (Å²) in [7, 11) is 0. The second-order valence-electron chi connectivity index (χ2n) is 10.0. The van der Waals surface area contributed by atoms with Crippen molar-refractivity contribution in [2.45, 2.75) is 25.9 Å². The lowest BCUT2D eigenvalue weighted by Crippen LogP contribution is -2.55. The van der Waals surface area contributed by atoms with Crippen molar-refractivity contribution in [1.82, 2.24) is 0 Å². The van der Waals surface area contributed by atoms with Gasteiger partial charge in [-0.25, -0.2) is 0 Å². The van der Waals surface area contributed by atoms with Gasteiger partial charge in [0, 0.05) is 11.4 Å². The van der Waals surface area contributed by atoms with Crippen LogP contribution in [0.3, 0.4) is 0 Å². The van der Waals surface area contributed by atoms with E-state index in [-0.39, 0.29) is 12.1 Å². The zero-order valence-corrected chi connectivity index (χ0v) is 20.6. The fraction of sp³-hybridized carbons (Fsp3) is 0.118. The van der Waals surface area contributed by atoms with Gasteiger partial charge in [0.25, 0.3) is 0 Å². The van der Waals surface area contributed by atoms with E-state index in [0.29, 0.717) is 0 Å². The van der Waals surface area contributed by atoms with Gasteiger partial charge in [-0.1, -0.05) is 96.1 Å². The minimum absolute atomic E-state index is 0.151. The molecule has 1 aliphatic carbocycles. The number of aryl methyl sites for hydroxylation is 2. The molecule has 0 spiro atoms. The molecule has 0 saturated heterocycles. The molecule has 174 valence electrons. The summed E-state index contributed by atoms with van der Waals surface area (Å²) >= 11 is 0. The SMILES string of the molecule is Cc1ccc(N2c3cc4ccccc4cc3N(c3ccc(C)cc3)C3C=c4ccccc4=CC32)cc1. The van der Waals surface area contributed by atoms with Gasteiger partial charge in [-0.15, -0.1) is 0 Å². The molecule has 2 atom stereocenters. The van der Waals surface area contributed by atoms with Gasteiger partial charge in [-0.05, 0) is 71.5 Å². The Labute approximate surface area is 212 Å². The number of rotatable bonds is 2. The lowest BCUT2D eigenvalue weighted by Gasteiger charge is -2.49. The molecule has 5 aromatic rings.